The second-order valence-corrected chi connectivity index (χ2v) is 6.90. The van der Waals surface area contributed by atoms with Crippen molar-refractivity contribution in [2.24, 2.45) is 0 Å². The summed E-state index contributed by atoms with van der Waals surface area (Å²) in [5, 5.41) is 8.04. The van der Waals surface area contributed by atoms with Crippen molar-refractivity contribution in [3.8, 4) is 5.69 Å². The van der Waals surface area contributed by atoms with Crippen LogP contribution in [0.3, 0.4) is 0 Å². The highest BCUT2D eigenvalue weighted by Crippen LogP contribution is 2.13. The number of carbonyl (C=O) groups is 1. The smallest absolute Gasteiger partial charge is 0.269 e. The van der Waals surface area contributed by atoms with Crippen LogP contribution in [0.15, 0.2) is 48.7 Å². The molecule has 0 bridgehead atoms. The SMILES string of the molecule is Cc1nn(-c2ccccc2)cc1CCCNCc1ccc(C(=O)N(C)C)[nH]1. The maximum Gasteiger partial charge on any atom is 0.269 e. The molecule has 2 N–H and O–H groups in total. The molecule has 0 atom stereocenters. The van der Waals surface area contributed by atoms with E-state index in [0.717, 1.165) is 43.0 Å². The Balaban J connectivity index is 1.45. The van der Waals surface area contributed by atoms with Gasteiger partial charge in [0, 0.05) is 32.5 Å². The number of rotatable bonds is 8. The summed E-state index contributed by atoms with van der Waals surface area (Å²) in [6, 6.07) is 14.0. The van der Waals surface area contributed by atoms with Gasteiger partial charge in [-0.05, 0) is 56.1 Å². The van der Waals surface area contributed by atoms with Gasteiger partial charge in [-0.25, -0.2) is 4.68 Å². The van der Waals surface area contributed by atoms with Crippen LogP contribution in [0.5, 0.6) is 0 Å². The molecule has 0 aliphatic heterocycles. The minimum Gasteiger partial charge on any atom is -0.353 e. The van der Waals surface area contributed by atoms with E-state index in [9.17, 15) is 4.79 Å². The lowest BCUT2D eigenvalue weighted by Crippen LogP contribution is -2.22. The second-order valence-electron chi connectivity index (χ2n) is 6.90. The van der Waals surface area contributed by atoms with E-state index in [0.29, 0.717) is 5.69 Å². The first kappa shape index (κ1) is 18.9. The number of para-hydroxylation sites is 1. The summed E-state index contributed by atoms with van der Waals surface area (Å²) in [5.41, 5.74) is 5.09. The molecule has 1 amide bonds. The van der Waals surface area contributed by atoms with E-state index in [1.54, 1.807) is 19.0 Å². The molecule has 0 aliphatic carbocycles. The van der Waals surface area contributed by atoms with Crippen molar-refractivity contribution in [1.82, 2.24) is 25.0 Å². The highest BCUT2D eigenvalue weighted by Gasteiger charge is 2.10. The van der Waals surface area contributed by atoms with Gasteiger partial charge in [-0.3, -0.25) is 4.79 Å². The first-order chi connectivity index (χ1) is 13.0. The summed E-state index contributed by atoms with van der Waals surface area (Å²) in [7, 11) is 3.51. The molecule has 3 aromatic rings. The van der Waals surface area contributed by atoms with Crippen LogP contribution in [0.4, 0.5) is 0 Å². The summed E-state index contributed by atoms with van der Waals surface area (Å²) >= 11 is 0. The van der Waals surface area contributed by atoms with Gasteiger partial charge in [0.15, 0.2) is 0 Å². The summed E-state index contributed by atoms with van der Waals surface area (Å²) < 4.78 is 1.94. The molecule has 2 aromatic heterocycles. The van der Waals surface area contributed by atoms with Gasteiger partial charge in [-0.2, -0.15) is 5.10 Å². The van der Waals surface area contributed by atoms with E-state index in [4.69, 9.17) is 0 Å². The third-order valence-electron chi connectivity index (χ3n) is 4.52. The summed E-state index contributed by atoms with van der Waals surface area (Å²) in [4.78, 5) is 16.6. The number of amides is 1. The highest BCUT2D eigenvalue weighted by molar-refractivity contribution is 5.92. The number of hydrogen-bond donors (Lipinski definition) is 2. The lowest BCUT2D eigenvalue weighted by Gasteiger charge is -2.08. The molecule has 27 heavy (non-hydrogen) atoms. The predicted octanol–water partition coefficient (Wildman–Crippen LogP) is 2.93. The summed E-state index contributed by atoms with van der Waals surface area (Å²) in [6.07, 6.45) is 4.14. The molecule has 0 fully saturated rings. The number of carbonyl (C=O) groups excluding carboxylic acids is 1. The molecular weight excluding hydrogens is 338 g/mol. The molecule has 0 spiro atoms. The third-order valence-corrected chi connectivity index (χ3v) is 4.52. The molecule has 2 heterocycles. The van der Waals surface area contributed by atoms with Crippen molar-refractivity contribution in [2.45, 2.75) is 26.3 Å². The fourth-order valence-electron chi connectivity index (χ4n) is 2.99. The quantitative estimate of drug-likeness (QED) is 0.603. The van der Waals surface area contributed by atoms with E-state index >= 15 is 0 Å². The van der Waals surface area contributed by atoms with E-state index < -0.39 is 0 Å². The zero-order valence-corrected chi connectivity index (χ0v) is 16.2. The van der Waals surface area contributed by atoms with Crippen LogP contribution in [0.25, 0.3) is 5.69 Å². The minimum atomic E-state index is -0.00727. The standard InChI is InChI=1S/C21H27N5O/c1-16-17(15-26(24-16)19-9-5-4-6-10-19)8-7-13-22-14-18-11-12-20(23-18)21(27)25(2)3/h4-6,9-12,15,22-23H,7-8,13-14H2,1-3H3. The van der Waals surface area contributed by atoms with Crippen LogP contribution in [0.1, 0.15) is 33.9 Å². The van der Waals surface area contributed by atoms with E-state index in [1.807, 2.05) is 35.0 Å². The van der Waals surface area contributed by atoms with Gasteiger partial charge in [0.2, 0.25) is 0 Å². The Hall–Kier alpha value is -2.86. The van der Waals surface area contributed by atoms with Crippen molar-refractivity contribution >= 4 is 5.91 Å². The molecule has 0 radical (unpaired) electrons. The van der Waals surface area contributed by atoms with Gasteiger partial charge in [-0.1, -0.05) is 18.2 Å². The molecule has 3 rings (SSSR count). The lowest BCUT2D eigenvalue weighted by molar-refractivity contribution is 0.0822. The van der Waals surface area contributed by atoms with E-state index in [-0.39, 0.29) is 5.91 Å². The Labute approximate surface area is 160 Å². The van der Waals surface area contributed by atoms with Crippen LogP contribution in [0, 0.1) is 6.92 Å². The zero-order chi connectivity index (χ0) is 19.2. The number of aromatic amines is 1. The van der Waals surface area contributed by atoms with Crippen molar-refractivity contribution in [2.75, 3.05) is 20.6 Å². The molecule has 1 aromatic carbocycles. The monoisotopic (exact) mass is 365 g/mol. The molecule has 0 saturated heterocycles. The average molecular weight is 365 g/mol. The second kappa shape index (κ2) is 8.68. The number of benzene rings is 1. The first-order valence-corrected chi connectivity index (χ1v) is 9.25. The van der Waals surface area contributed by atoms with Crippen LogP contribution in [-0.2, 0) is 13.0 Å². The summed E-state index contributed by atoms with van der Waals surface area (Å²) in [5.74, 6) is -0.00727. The van der Waals surface area contributed by atoms with Crippen LogP contribution < -0.4 is 5.32 Å². The first-order valence-electron chi connectivity index (χ1n) is 9.25. The topological polar surface area (TPSA) is 66.0 Å². The summed E-state index contributed by atoms with van der Waals surface area (Å²) in [6.45, 7) is 3.69. The van der Waals surface area contributed by atoms with Crippen molar-refractivity contribution in [3.63, 3.8) is 0 Å². The van der Waals surface area contributed by atoms with Gasteiger partial charge >= 0.3 is 0 Å². The number of nitrogens with zero attached hydrogens (tertiary/aromatic N) is 3. The number of aryl methyl sites for hydroxylation is 2. The maximum atomic E-state index is 11.9. The molecule has 0 saturated carbocycles. The Morgan fingerprint density at radius 2 is 1.96 bits per heavy atom. The maximum absolute atomic E-state index is 11.9. The largest absolute Gasteiger partial charge is 0.353 e. The highest BCUT2D eigenvalue weighted by atomic mass is 16.2. The Morgan fingerprint density at radius 1 is 1.19 bits per heavy atom. The Bertz CT molecular complexity index is 879. The van der Waals surface area contributed by atoms with Gasteiger partial charge < -0.3 is 15.2 Å². The Kier molecular flexibility index (Phi) is 6.08. The molecule has 6 heteroatoms. The molecule has 0 unspecified atom stereocenters. The van der Waals surface area contributed by atoms with Gasteiger partial charge in [0.05, 0.1) is 11.4 Å². The fraction of sp³-hybridized carbons (Fsp3) is 0.333. The fourth-order valence-corrected chi connectivity index (χ4v) is 2.99. The number of H-pyrrole nitrogens is 1. The van der Waals surface area contributed by atoms with Crippen LogP contribution in [-0.4, -0.2) is 46.2 Å². The number of hydrogen-bond acceptors (Lipinski definition) is 3. The Morgan fingerprint density at radius 3 is 2.70 bits per heavy atom. The molecule has 0 aliphatic rings. The van der Waals surface area contributed by atoms with Crippen molar-refractivity contribution in [3.05, 3.63) is 71.3 Å². The van der Waals surface area contributed by atoms with Gasteiger partial charge in [0.1, 0.15) is 5.69 Å². The number of aromatic nitrogens is 3. The van der Waals surface area contributed by atoms with Gasteiger partial charge in [-0.15, -0.1) is 0 Å². The normalized spacial score (nSPS) is 10.9. The zero-order valence-electron chi connectivity index (χ0n) is 16.2. The van der Waals surface area contributed by atoms with Crippen LogP contribution >= 0.6 is 0 Å². The minimum absolute atomic E-state index is 0.00727. The number of nitrogens with one attached hydrogen (secondary N) is 2. The van der Waals surface area contributed by atoms with E-state index in [1.165, 1.54) is 5.56 Å². The van der Waals surface area contributed by atoms with Crippen LogP contribution in [0.2, 0.25) is 0 Å². The predicted molar refractivity (Wildman–Crippen MR) is 107 cm³/mol. The molecule has 142 valence electrons. The van der Waals surface area contributed by atoms with Crippen molar-refractivity contribution in [1.29, 1.82) is 0 Å². The van der Waals surface area contributed by atoms with Crippen molar-refractivity contribution < 1.29 is 4.79 Å². The lowest BCUT2D eigenvalue weighted by atomic mass is 10.1. The third kappa shape index (κ3) is 4.86. The molecule has 6 nitrogen and oxygen atoms in total. The van der Waals surface area contributed by atoms with E-state index in [2.05, 4.69) is 40.7 Å². The average Bonchev–Trinajstić information content (AvgIpc) is 3.28. The van der Waals surface area contributed by atoms with Gasteiger partial charge in [0.25, 0.3) is 5.91 Å². The molecular formula is C21H27N5O.